The lowest BCUT2D eigenvalue weighted by molar-refractivity contribution is -0.136. The summed E-state index contributed by atoms with van der Waals surface area (Å²) in [5, 5.41) is 3.41. The minimum absolute atomic E-state index is 0.00375. The van der Waals surface area contributed by atoms with E-state index in [4.69, 9.17) is 14.2 Å². The van der Waals surface area contributed by atoms with Crippen molar-refractivity contribution in [3.8, 4) is 5.75 Å². The van der Waals surface area contributed by atoms with Crippen molar-refractivity contribution in [2.75, 3.05) is 33.7 Å². The zero-order valence-electron chi connectivity index (χ0n) is 13.4. The molecule has 23 heavy (non-hydrogen) atoms. The normalized spacial score (nSPS) is 11.9. The number of benzene rings is 1. The minimum atomic E-state index is -3.86. The van der Waals surface area contributed by atoms with E-state index in [-0.39, 0.29) is 18.9 Å². The summed E-state index contributed by atoms with van der Waals surface area (Å²) in [7, 11) is -0.923. The van der Waals surface area contributed by atoms with Crippen molar-refractivity contribution in [1.82, 2.24) is 0 Å². The molecule has 0 aliphatic rings. The predicted octanol–water partition coefficient (Wildman–Crippen LogP) is 0.874. The molecule has 9 heteroatoms. The van der Waals surface area contributed by atoms with Gasteiger partial charge in [0.1, 0.15) is 12.4 Å². The van der Waals surface area contributed by atoms with Crippen LogP contribution >= 0.6 is 0 Å². The Balaban J connectivity index is 3.15. The maximum absolute atomic E-state index is 12.1. The Bertz CT molecular complexity index is 682. The summed E-state index contributed by atoms with van der Waals surface area (Å²) in [4.78, 5) is 12.1. The zero-order valence-corrected chi connectivity index (χ0v) is 14.2. The van der Waals surface area contributed by atoms with E-state index in [0.717, 1.165) is 11.8 Å². The van der Waals surface area contributed by atoms with Crippen LogP contribution in [0.2, 0.25) is 0 Å². The first-order valence-electron chi connectivity index (χ1n) is 6.56. The highest BCUT2D eigenvalue weighted by Gasteiger charge is 2.19. The Labute approximate surface area is 135 Å². The highest BCUT2D eigenvalue weighted by molar-refractivity contribution is 7.85. The van der Waals surface area contributed by atoms with Crippen LogP contribution in [0.25, 0.3) is 0 Å². The molecule has 1 aromatic carbocycles. The van der Waals surface area contributed by atoms with E-state index >= 15 is 0 Å². The van der Waals surface area contributed by atoms with Gasteiger partial charge in [-0.15, -0.1) is 0 Å². The van der Waals surface area contributed by atoms with Crippen molar-refractivity contribution in [3.05, 3.63) is 29.3 Å². The number of aryl methyl sites for hydroxylation is 1. The van der Waals surface area contributed by atoms with E-state index in [1.807, 2.05) is 6.92 Å². The van der Waals surface area contributed by atoms with Gasteiger partial charge in [0.2, 0.25) is 0 Å². The third-order valence-electron chi connectivity index (χ3n) is 2.66. The molecule has 0 saturated carbocycles. The molecular formula is C14H19NO7S. The summed E-state index contributed by atoms with van der Waals surface area (Å²) in [6.07, 6.45) is 0.820. The Morgan fingerprint density at radius 3 is 2.48 bits per heavy atom. The first kappa shape index (κ1) is 18.9. The second kappa shape index (κ2) is 8.49. The first-order chi connectivity index (χ1) is 10.8. The topological polar surface area (TPSA) is 100 Å². The van der Waals surface area contributed by atoms with Crippen LogP contribution in [0.4, 0.5) is 0 Å². The quantitative estimate of drug-likeness (QED) is 0.298. The van der Waals surface area contributed by atoms with E-state index in [1.54, 1.807) is 12.1 Å². The number of hydrogen-bond acceptors (Lipinski definition) is 8. The third-order valence-corrected chi connectivity index (χ3v) is 3.00. The first-order valence-corrected chi connectivity index (χ1v) is 8.38. The molecule has 0 aromatic heterocycles. The Kier molecular flexibility index (Phi) is 6.98. The van der Waals surface area contributed by atoms with Gasteiger partial charge in [-0.2, -0.15) is 8.42 Å². The van der Waals surface area contributed by atoms with Crippen molar-refractivity contribution in [2.45, 2.75) is 6.92 Å². The molecule has 0 N–H and O–H groups in total. The molecule has 0 amide bonds. The van der Waals surface area contributed by atoms with Gasteiger partial charge in [0.25, 0.3) is 0 Å². The molecule has 0 atom stereocenters. The van der Waals surface area contributed by atoms with Crippen LogP contribution in [0.3, 0.4) is 0 Å². The van der Waals surface area contributed by atoms with Crippen LogP contribution in [0.1, 0.15) is 11.1 Å². The van der Waals surface area contributed by atoms with Crippen molar-refractivity contribution in [1.29, 1.82) is 0 Å². The van der Waals surface area contributed by atoms with Crippen molar-refractivity contribution < 1.29 is 31.7 Å². The minimum Gasteiger partial charge on any atom is -0.496 e. The monoisotopic (exact) mass is 345 g/mol. The largest absolute Gasteiger partial charge is 0.496 e. The second-order valence-electron chi connectivity index (χ2n) is 4.53. The summed E-state index contributed by atoms with van der Waals surface area (Å²) in [5.74, 6) is -0.323. The summed E-state index contributed by atoms with van der Waals surface area (Å²) in [6, 6.07) is 4.82. The van der Waals surface area contributed by atoms with Crippen LogP contribution in [-0.4, -0.2) is 53.8 Å². The van der Waals surface area contributed by atoms with Gasteiger partial charge in [0.15, 0.2) is 5.71 Å². The van der Waals surface area contributed by atoms with Crippen LogP contribution in [0, 0.1) is 6.92 Å². The second-order valence-corrected chi connectivity index (χ2v) is 6.09. The molecule has 0 aliphatic carbocycles. The lowest BCUT2D eigenvalue weighted by Crippen LogP contribution is -2.22. The van der Waals surface area contributed by atoms with Gasteiger partial charge in [0.05, 0.1) is 20.0 Å². The standard InChI is InChI=1S/C14H19NO7S/c1-10-5-6-11(9-12(10)20-3)13(15-22-23(4,17)18)14(16)21-8-7-19-2/h5-6,9H,7-8H2,1-4H3. The average molecular weight is 345 g/mol. The average Bonchev–Trinajstić information content (AvgIpc) is 2.48. The van der Waals surface area contributed by atoms with Gasteiger partial charge in [-0.25, -0.2) is 4.79 Å². The molecule has 1 rings (SSSR count). The van der Waals surface area contributed by atoms with Gasteiger partial charge in [-0.3, -0.25) is 4.28 Å². The maximum Gasteiger partial charge on any atom is 0.361 e. The lowest BCUT2D eigenvalue weighted by Gasteiger charge is -2.10. The van der Waals surface area contributed by atoms with Gasteiger partial charge in [0, 0.05) is 12.7 Å². The number of esters is 1. The summed E-state index contributed by atoms with van der Waals surface area (Å²) >= 11 is 0. The third kappa shape index (κ3) is 6.25. The number of nitrogens with zero attached hydrogens (tertiary/aromatic N) is 1. The SMILES string of the molecule is COCCOC(=O)C(=NOS(C)(=O)=O)c1ccc(C)c(OC)c1. The fraction of sp³-hybridized carbons (Fsp3) is 0.429. The number of ether oxygens (including phenoxy) is 3. The highest BCUT2D eigenvalue weighted by Crippen LogP contribution is 2.20. The smallest absolute Gasteiger partial charge is 0.361 e. The van der Waals surface area contributed by atoms with Crippen LogP contribution < -0.4 is 4.74 Å². The molecule has 0 aliphatic heterocycles. The number of rotatable bonds is 8. The number of carbonyl (C=O) groups excluding carboxylic acids is 1. The molecule has 0 unspecified atom stereocenters. The summed E-state index contributed by atoms with van der Waals surface area (Å²) in [6.45, 7) is 2.02. The highest BCUT2D eigenvalue weighted by atomic mass is 32.2. The van der Waals surface area contributed by atoms with E-state index in [9.17, 15) is 13.2 Å². The van der Waals surface area contributed by atoms with Gasteiger partial charge < -0.3 is 14.2 Å². The van der Waals surface area contributed by atoms with Crippen LogP contribution in [-0.2, 0) is 28.7 Å². The van der Waals surface area contributed by atoms with Crippen molar-refractivity contribution in [3.63, 3.8) is 0 Å². The molecule has 0 radical (unpaired) electrons. The molecule has 128 valence electrons. The van der Waals surface area contributed by atoms with E-state index in [0.29, 0.717) is 11.3 Å². The molecule has 0 spiro atoms. The fourth-order valence-corrected chi connectivity index (χ4v) is 1.78. The van der Waals surface area contributed by atoms with E-state index in [2.05, 4.69) is 9.44 Å². The van der Waals surface area contributed by atoms with Crippen molar-refractivity contribution >= 4 is 21.8 Å². The van der Waals surface area contributed by atoms with Crippen LogP contribution in [0.5, 0.6) is 5.75 Å². The Morgan fingerprint density at radius 2 is 1.91 bits per heavy atom. The molecule has 0 fully saturated rings. The number of hydrogen-bond donors (Lipinski definition) is 0. The van der Waals surface area contributed by atoms with Gasteiger partial charge in [-0.1, -0.05) is 17.3 Å². The van der Waals surface area contributed by atoms with Crippen molar-refractivity contribution in [2.24, 2.45) is 5.16 Å². The Morgan fingerprint density at radius 1 is 1.22 bits per heavy atom. The fourth-order valence-electron chi connectivity index (χ4n) is 1.57. The van der Waals surface area contributed by atoms with E-state index < -0.39 is 16.1 Å². The Hall–Kier alpha value is -2.13. The zero-order chi connectivity index (χ0) is 17.5. The number of carbonyl (C=O) groups is 1. The predicted molar refractivity (Wildman–Crippen MR) is 83.0 cm³/mol. The molecule has 0 heterocycles. The van der Waals surface area contributed by atoms with E-state index in [1.165, 1.54) is 20.3 Å². The number of oxime groups is 1. The molecule has 0 saturated heterocycles. The van der Waals surface area contributed by atoms with Gasteiger partial charge >= 0.3 is 16.1 Å². The summed E-state index contributed by atoms with van der Waals surface area (Å²) in [5.41, 5.74) is 0.857. The lowest BCUT2D eigenvalue weighted by atomic mass is 10.1. The maximum atomic E-state index is 12.1. The molecule has 1 aromatic rings. The molecule has 0 bridgehead atoms. The summed E-state index contributed by atoms with van der Waals surface area (Å²) < 4.78 is 41.5. The van der Waals surface area contributed by atoms with Gasteiger partial charge in [-0.05, 0) is 18.6 Å². The number of methoxy groups -OCH3 is 2. The van der Waals surface area contributed by atoms with Crippen LogP contribution in [0.15, 0.2) is 23.4 Å². The molecular weight excluding hydrogens is 326 g/mol. The molecule has 8 nitrogen and oxygen atoms in total.